The fourth-order valence-corrected chi connectivity index (χ4v) is 1.49. The van der Waals surface area contributed by atoms with Crippen LogP contribution >= 0.6 is 24.0 Å². The van der Waals surface area contributed by atoms with Gasteiger partial charge in [0.2, 0.25) is 5.89 Å². The van der Waals surface area contributed by atoms with Gasteiger partial charge in [0.1, 0.15) is 0 Å². The number of hydrogen-bond acceptors (Lipinski definition) is 4. The number of unbranched alkanes of at least 4 members (excludes halogenated alkanes) is 1. The van der Waals surface area contributed by atoms with Crippen molar-refractivity contribution in [3.05, 3.63) is 11.7 Å². The zero-order valence-corrected chi connectivity index (χ0v) is 14.2. The molecular formula is C12H24IN5O. The van der Waals surface area contributed by atoms with Crippen molar-refractivity contribution < 1.29 is 4.52 Å². The summed E-state index contributed by atoms with van der Waals surface area (Å²) in [7, 11) is 1.78. The minimum atomic E-state index is 0. The third-order valence-corrected chi connectivity index (χ3v) is 2.48. The zero-order chi connectivity index (χ0) is 13.2. The SMILES string of the molecule is CCCCNC(=NC)NCCCc1nc(C)no1.I. The van der Waals surface area contributed by atoms with E-state index in [2.05, 4.69) is 32.7 Å². The van der Waals surface area contributed by atoms with Crippen LogP contribution in [0.15, 0.2) is 9.52 Å². The van der Waals surface area contributed by atoms with Crippen LogP contribution in [0, 0.1) is 6.92 Å². The molecule has 0 saturated carbocycles. The van der Waals surface area contributed by atoms with Crippen LogP contribution in [-0.2, 0) is 6.42 Å². The Morgan fingerprint density at radius 3 is 2.47 bits per heavy atom. The third kappa shape index (κ3) is 8.02. The minimum absolute atomic E-state index is 0. The minimum Gasteiger partial charge on any atom is -0.356 e. The molecule has 0 aliphatic carbocycles. The van der Waals surface area contributed by atoms with Crippen LogP contribution < -0.4 is 10.6 Å². The molecule has 0 aliphatic rings. The Morgan fingerprint density at radius 2 is 1.95 bits per heavy atom. The third-order valence-electron chi connectivity index (χ3n) is 2.48. The summed E-state index contributed by atoms with van der Waals surface area (Å²) in [5, 5.41) is 10.3. The maximum atomic E-state index is 5.04. The van der Waals surface area contributed by atoms with Crippen molar-refractivity contribution in [2.45, 2.75) is 39.5 Å². The molecule has 7 heteroatoms. The number of guanidine groups is 1. The smallest absolute Gasteiger partial charge is 0.226 e. The highest BCUT2D eigenvalue weighted by molar-refractivity contribution is 14.0. The number of aryl methyl sites for hydroxylation is 2. The Labute approximate surface area is 131 Å². The summed E-state index contributed by atoms with van der Waals surface area (Å²) >= 11 is 0. The molecule has 1 aromatic heterocycles. The lowest BCUT2D eigenvalue weighted by molar-refractivity contribution is 0.372. The second-order valence-corrected chi connectivity index (χ2v) is 4.12. The fraction of sp³-hybridized carbons (Fsp3) is 0.750. The lowest BCUT2D eigenvalue weighted by Gasteiger charge is -2.10. The van der Waals surface area contributed by atoms with E-state index < -0.39 is 0 Å². The van der Waals surface area contributed by atoms with Gasteiger partial charge in [-0.25, -0.2) is 0 Å². The lowest BCUT2D eigenvalue weighted by atomic mass is 10.3. The van der Waals surface area contributed by atoms with Crippen molar-refractivity contribution in [2.75, 3.05) is 20.1 Å². The normalized spacial score (nSPS) is 11.0. The average molecular weight is 381 g/mol. The molecule has 0 fully saturated rings. The maximum Gasteiger partial charge on any atom is 0.226 e. The Morgan fingerprint density at radius 1 is 1.26 bits per heavy atom. The van der Waals surface area contributed by atoms with Crippen molar-refractivity contribution >= 4 is 29.9 Å². The first kappa shape index (κ1) is 18.1. The van der Waals surface area contributed by atoms with Crippen molar-refractivity contribution in [2.24, 2.45) is 4.99 Å². The second kappa shape index (κ2) is 11.0. The molecule has 0 radical (unpaired) electrons. The quantitative estimate of drug-likeness (QED) is 0.327. The highest BCUT2D eigenvalue weighted by atomic mass is 127. The molecule has 19 heavy (non-hydrogen) atoms. The summed E-state index contributed by atoms with van der Waals surface area (Å²) in [6.45, 7) is 5.79. The van der Waals surface area contributed by atoms with Gasteiger partial charge in [0.15, 0.2) is 11.8 Å². The molecule has 0 saturated heterocycles. The number of hydrogen-bond donors (Lipinski definition) is 2. The van der Waals surface area contributed by atoms with E-state index in [0.717, 1.165) is 38.3 Å². The molecule has 0 bridgehead atoms. The predicted octanol–water partition coefficient (Wildman–Crippen LogP) is 1.89. The molecule has 0 unspecified atom stereocenters. The molecule has 1 rings (SSSR count). The molecular weight excluding hydrogens is 357 g/mol. The van der Waals surface area contributed by atoms with Crippen LogP contribution in [0.1, 0.15) is 37.9 Å². The first-order chi connectivity index (χ1) is 8.76. The first-order valence-corrected chi connectivity index (χ1v) is 6.50. The summed E-state index contributed by atoms with van der Waals surface area (Å²) in [4.78, 5) is 8.31. The van der Waals surface area contributed by atoms with Gasteiger partial charge in [0, 0.05) is 26.6 Å². The predicted molar refractivity (Wildman–Crippen MR) is 87.0 cm³/mol. The van der Waals surface area contributed by atoms with E-state index in [9.17, 15) is 0 Å². The zero-order valence-electron chi connectivity index (χ0n) is 11.9. The average Bonchev–Trinajstić information content (AvgIpc) is 2.78. The van der Waals surface area contributed by atoms with Crippen LogP contribution in [-0.4, -0.2) is 36.2 Å². The van der Waals surface area contributed by atoms with Gasteiger partial charge in [0.05, 0.1) is 0 Å². The Balaban J connectivity index is 0.00000324. The van der Waals surface area contributed by atoms with Gasteiger partial charge >= 0.3 is 0 Å². The number of nitrogens with one attached hydrogen (secondary N) is 2. The number of aliphatic imine (C=N–C) groups is 1. The number of aromatic nitrogens is 2. The molecule has 1 heterocycles. The molecule has 110 valence electrons. The molecule has 0 aliphatic heterocycles. The van der Waals surface area contributed by atoms with Crippen molar-refractivity contribution in [3.63, 3.8) is 0 Å². The number of rotatable bonds is 7. The summed E-state index contributed by atoms with van der Waals surface area (Å²) in [6, 6.07) is 0. The van der Waals surface area contributed by atoms with Gasteiger partial charge in [-0.05, 0) is 19.8 Å². The Bertz CT molecular complexity index is 367. The van der Waals surface area contributed by atoms with Crippen LogP contribution in [0.4, 0.5) is 0 Å². The highest BCUT2D eigenvalue weighted by Gasteiger charge is 2.02. The molecule has 6 nitrogen and oxygen atoms in total. The molecule has 1 aromatic rings. The van der Waals surface area contributed by atoms with E-state index in [0.29, 0.717) is 11.7 Å². The van der Waals surface area contributed by atoms with Crippen LogP contribution in [0.3, 0.4) is 0 Å². The molecule has 0 spiro atoms. The summed E-state index contributed by atoms with van der Waals surface area (Å²) in [6.07, 6.45) is 4.07. The Kier molecular flexibility index (Phi) is 10.5. The van der Waals surface area contributed by atoms with Crippen LogP contribution in [0.25, 0.3) is 0 Å². The van der Waals surface area contributed by atoms with Gasteiger partial charge < -0.3 is 15.2 Å². The van der Waals surface area contributed by atoms with Crippen molar-refractivity contribution in [1.29, 1.82) is 0 Å². The van der Waals surface area contributed by atoms with Crippen molar-refractivity contribution in [1.82, 2.24) is 20.8 Å². The van der Waals surface area contributed by atoms with E-state index >= 15 is 0 Å². The van der Waals surface area contributed by atoms with Crippen LogP contribution in [0.2, 0.25) is 0 Å². The lowest BCUT2D eigenvalue weighted by Crippen LogP contribution is -2.38. The number of halogens is 1. The van der Waals surface area contributed by atoms with Gasteiger partial charge in [-0.1, -0.05) is 18.5 Å². The van der Waals surface area contributed by atoms with E-state index in [-0.39, 0.29) is 24.0 Å². The van der Waals surface area contributed by atoms with Gasteiger partial charge in [-0.2, -0.15) is 4.98 Å². The van der Waals surface area contributed by atoms with E-state index in [1.807, 2.05) is 6.92 Å². The summed E-state index contributed by atoms with van der Waals surface area (Å²) in [5.74, 6) is 2.24. The first-order valence-electron chi connectivity index (χ1n) is 6.50. The fourth-order valence-electron chi connectivity index (χ4n) is 1.49. The molecule has 0 amide bonds. The summed E-state index contributed by atoms with van der Waals surface area (Å²) < 4.78 is 5.04. The van der Waals surface area contributed by atoms with E-state index in [4.69, 9.17) is 4.52 Å². The van der Waals surface area contributed by atoms with Gasteiger partial charge in [0.25, 0.3) is 0 Å². The monoisotopic (exact) mass is 381 g/mol. The largest absolute Gasteiger partial charge is 0.356 e. The van der Waals surface area contributed by atoms with E-state index in [1.165, 1.54) is 6.42 Å². The molecule has 0 aromatic carbocycles. The Hall–Kier alpha value is -0.860. The topological polar surface area (TPSA) is 75.3 Å². The molecule has 2 N–H and O–H groups in total. The standard InChI is InChI=1S/C12H23N5O.HI/c1-4-5-8-14-12(13-3)15-9-6-7-11-16-10(2)17-18-11;/h4-9H2,1-3H3,(H2,13,14,15);1H. The highest BCUT2D eigenvalue weighted by Crippen LogP contribution is 1.98. The maximum absolute atomic E-state index is 5.04. The molecule has 0 atom stereocenters. The summed E-state index contributed by atoms with van der Waals surface area (Å²) in [5.41, 5.74) is 0. The van der Waals surface area contributed by atoms with Gasteiger partial charge in [-0.3, -0.25) is 4.99 Å². The number of nitrogens with zero attached hydrogens (tertiary/aromatic N) is 3. The second-order valence-electron chi connectivity index (χ2n) is 4.12. The van der Waals surface area contributed by atoms with Gasteiger partial charge in [-0.15, -0.1) is 24.0 Å². The van der Waals surface area contributed by atoms with Crippen LogP contribution in [0.5, 0.6) is 0 Å². The van der Waals surface area contributed by atoms with E-state index in [1.54, 1.807) is 7.05 Å². The van der Waals surface area contributed by atoms with Crippen molar-refractivity contribution in [3.8, 4) is 0 Å².